The molecule has 5 rings (SSSR count). The number of aryl methyl sites for hydroxylation is 1. The number of nitrogens with one attached hydrogen (secondary N) is 1. The number of H-pyrrole nitrogens is 1. The summed E-state index contributed by atoms with van der Waals surface area (Å²) in [6.45, 7) is 1.96. The van der Waals surface area contributed by atoms with Gasteiger partial charge in [0.15, 0.2) is 0 Å². The second-order valence-electron chi connectivity index (χ2n) is 8.36. The van der Waals surface area contributed by atoms with Gasteiger partial charge in [-0.25, -0.2) is 4.79 Å². The number of benzene rings is 1. The first-order valence-electron chi connectivity index (χ1n) is 10.9. The maximum Gasteiger partial charge on any atom is 0.339 e. The van der Waals surface area contributed by atoms with Crippen molar-refractivity contribution in [1.82, 2.24) is 20.2 Å². The highest BCUT2D eigenvalue weighted by molar-refractivity contribution is 6.04. The van der Waals surface area contributed by atoms with Crippen LogP contribution in [0.25, 0.3) is 33.4 Å². The molecule has 0 spiro atoms. The summed E-state index contributed by atoms with van der Waals surface area (Å²) in [5.74, 6) is -0.317. The first kappa shape index (κ1) is 20.3. The number of aromatic nitrogens is 4. The van der Waals surface area contributed by atoms with Gasteiger partial charge in [0.1, 0.15) is 6.10 Å². The molecule has 0 saturated heterocycles. The molecule has 0 unspecified atom stereocenters. The molecule has 1 aromatic carbocycles. The Morgan fingerprint density at radius 2 is 1.97 bits per heavy atom. The minimum absolute atomic E-state index is 0.0819. The van der Waals surface area contributed by atoms with Gasteiger partial charge in [0.05, 0.1) is 28.7 Å². The molecule has 0 atom stereocenters. The Kier molecular flexibility index (Phi) is 5.41. The number of aromatic amines is 1. The van der Waals surface area contributed by atoms with Crippen molar-refractivity contribution in [2.75, 3.05) is 0 Å². The molecule has 1 fully saturated rings. The highest BCUT2D eigenvalue weighted by Gasteiger charge is 2.23. The van der Waals surface area contributed by atoms with Crippen LogP contribution in [0.15, 0.2) is 54.9 Å². The molecule has 0 amide bonds. The van der Waals surface area contributed by atoms with Crippen LogP contribution >= 0.6 is 0 Å². The van der Waals surface area contributed by atoms with Gasteiger partial charge in [-0.1, -0.05) is 12.1 Å². The van der Waals surface area contributed by atoms with Crippen LogP contribution in [-0.4, -0.2) is 38.3 Å². The van der Waals surface area contributed by atoms with Crippen LogP contribution in [0.3, 0.4) is 0 Å². The van der Waals surface area contributed by atoms with Gasteiger partial charge in [0.2, 0.25) is 0 Å². The second-order valence-corrected chi connectivity index (χ2v) is 8.36. The number of fused-ring (bicyclic) bond motifs is 1. The maximum absolute atomic E-state index is 13.0. The number of carbonyl (C=O) groups is 1. The van der Waals surface area contributed by atoms with Crippen LogP contribution in [-0.2, 0) is 4.74 Å². The summed E-state index contributed by atoms with van der Waals surface area (Å²) in [7, 11) is 0. The predicted octanol–water partition coefficient (Wildman–Crippen LogP) is 4.42. The normalized spacial score (nSPS) is 18.6. The van der Waals surface area contributed by atoms with E-state index in [2.05, 4.69) is 20.2 Å². The summed E-state index contributed by atoms with van der Waals surface area (Å²) in [5, 5.41) is 8.06. The highest BCUT2D eigenvalue weighted by atomic mass is 16.5. The lowest BCUT2D eigenvalue weighted by atomic mass is 9.93. The summed E-state index contributed by atoms with van der Waals surface area (Å²) < 4.78 is 5.82. The Morgan fingerprint density at radius 1 is 1.12 bits per heavy atom. The van der Waals surface area contributed by atoms with Crippen LogP contribution in [0.4, 0.5) is 0 Å². The minimum Gasteiger partial charge on any atom is -0.459 e. The Bertz CT molecular complexity index is 1270. The van der Waals surface area contributed by atoms with Gasteiger partial charge in [-0.05, 0) is 68.5 Å². The third-order valence-corrected chi connectivity index (χ3v) is 6.05. The fourth-order valence-corrected chi connectivity index (χ4v) is 4.30. The Morgan fingerprint density at radius 3 is 2.78 bits per heavy atom. The molecule has 0 bridgehead atoms. The van der Waals surface area contributed by atoms with E-state index in [1.165, 1.54) is 0 Å². The zero-order chi connectivity index (χ0) is 22.1. The Balaban J connectivity index is 1.50. The van der Waals surface area contributed by atoms with Gasteiger partial charge < -0.3 is 10.5 Å². The van der Waals surface area contributed by atoms with Crippen LogP contribution in [0.5, 0.6) is 0 Å². The third-order valence-electron chi connectivity index (χ3n) is 6.05. The van der Waals surface area contributed by atoms with Gasteiger partial charge in [0.25, 0.3) is 0 Å². The average molecular weight is 428 g/mol. The van der Waals surface area contributed by atoms with E-state index in [1.807, 2.05) is 43.3 Å². The van der Waals surface area contributed by atoms with Crippen molar-refractivity contribution in [3.05, 3.63) is 66.1 Å². The maximum atomic E-state index is 13.0. The van der Waals surface area contributed by atoms with Crippen molar-refractivity contribution >= 4 is 16.9 Å². The Labute approximate surface area is 186 Å². The van der Waals surface area contributed by atoms with E-state index in [0.29, 0.717) is 5.56 Å². The van der Waals surface area contributed by atoms with Crippen LogP contribution in [0, 0.1) is 6.92 Å². The van der Waals surface area contributed by atoms with Gasteiger partial charge in [0, 0.05) is 28.9 Å². The predicted molar refractivity (Wildman–Crippen MR) is 123 cm³/mol. The third kappa shape index (κ3) is 3.99. The van der Waals surface area contributed by atoms with Crippen molar-refractivity contribution in [2.45, 2.75) is 44.8 Å². The molecule has 7 nitrogen and oxygen atoms in total. The molecule has 1 aliphatic rings. The van der Waals surface area contributed by atoms with Crippen LogP contribution < -0.4 is 5.73 Å². The molecule has 0 radical (unpaired) electrons. The molecule has 4 aromatic rings. The van der Waals surface area contributed by atoms with E-state index in [9.17, 15) is 4.79 Å². The lowest BCUT2D eigenvalue weighted by molar-refractivity contribution is 0.0199. The average Bonchev–Trinajstić information content (AvgIpc) is 3.30. The van der Waals surface area contributed by atoms with Gasteiger partial charge in [-0.2, -0.15) is 5.10 Å². The van der Waals surface area contributed by atoms with E-state index >= 15 is 0 Å². The monoisotopic (exact) mass is 427 g/mol. The molecular formula is C25H25N5O2. The largest absolute Gasteiger partial charge is 0.459 e. The first-order chi connectivity index (χ1) is 15.6. The number of nitrogens with zero attached hydrogens (tertiary/aromatic N) is 3. The summed E-state index contributed by atoms with van der Waals surface area (Å²) in [5.41, 5.74) is 11.7. The highest BCUT2D eigenvalue weighted by Crippen LogP contribution is 2.32. The standard InChI is InChI=1S/C25H25N5O2/c1-15-3-2-4-23(29-15)24-21(14-28-30-24)16-5-10-22-20(13-16)19(11-12-27-22)25(31)32-18-8-6-17(26)7-9-18/h2-5,10-14,17-18H,6-9,26H2,1H3,(H,28,30)/t17-,18-. The zero-order valence-corrected chi connectivity index (χ0v) is 17.9. The molecule has 7 heteroatoms. The molecule has 3 aromatic heterocycles. The van der Waals surface area contributed by atoms with E-state index < -0.39 is 0 Å². The van der Waals surface area contributed by atoms with Crippen LogP contribution in [0.2, 0.25) is 0 Å². The SMILES string of the molecule is Cc1cccc(-c2[nH]ncc2-c2ccc3nccc(C(=O)O[C@H]4CC[C@H](N)CC4)c3c2)n1. The zero-order valence-electron chi connectivity index (χ0n) is 17.9. The van der Waals surface area contributed by atoms with E-state index in [-0.39, 0.29) is 18.1 Å². The van der Waals surface area contributed by atoms with Crippen LogP contribution in [0.1, 0.15) is 41.7 Å². The van der Waals surface area contributed by atoms with Crippen molar-refractivity contribution in [2.24, 2.45) is 5.73 Å². The number of ether oxygens (including phenoxy) is 1. The first-order valence-corrected chi connectivity index (χ1v) is 10.9. The number of nitrogens with two attached hydrogens (primary N) is 1. The molecule has 3 N–H and O–H groups in total. The minimum atomic E-state index is -0.317. The van der Waals surface area contributed by atoms with E-state index in [4.69, 9.17) is 10.5 Å². The fraction of sp³-hybridized carbons (Fsp3) is 0.280. The van der Waals surface area contributed by atoms with Gasteiger partial charge >= 0.3 is 5.97 Å². The number of esters is 1. The molecule has 1 saturated carbocycles. The fourth-order valence-electron chi connectivity index (χ4n) is 4.30. The summed E-state index contributed by atoms with van der Waals surface area (Å²) >= 11 is 0. The number of hydrogen-bond donors (Lipinski definition) is 2. The van der Waals surface area contributed by atoms with Crippen molar-refractivity contribution in [1.29, 1.82) is 0 Å². The Hall–Kier alpha value is -3.58. The topological polar surface area (TPSA) is 107 Å². The van der Waals surface area contributed by atoms with Gasteiger partial charge in [-0.15, -0.1) is 0 Å². The van der Waals surface area contributed by atoms with Crippen molar-refractivity contribution in [3.8, 4) is 22.5 Å². The number of pyridine rings is 2. The number of carbonyl (C=O) groups excluding carboxylic acids is 1. The quantitative estimate of drug-likeness (QED) is 0.467. The van der Waals surface area contributed by atoms with E-state index in [1.54, 1.807) is 18.5 Å². The summed E-state index contributed by atoms with van der Waals surface area (Å²) in [6, 6.07) is 13.7. The van der Waals surface area contributed by atoms with Crippen molar-refractivity contribution in [3.63, 3.8) is 0 Å². The summed E-state index contributed by atoms with van der Waals surface area (Å²) in [6.07, 6.45) is 6.73. The summed E-state index contributed by atoms with van der Waals surface area (Å²) in [4.78, 5) is 22.1. The lowest BCUT2D eigenvalue weighted by Gasteiger charge is -2.26. The molecule has 32 heavy (non-hydrogen) atoms. The number of hydrogen-bond acceptors (Lipinski definition) is 6. The number of rotatable bonds is 4. The lowest BCUT2D eigenvalue weighted by Crippen LogP contribution is -2.31. The molecule has 1 aliphatic carbocycles. The smallest absolute Gasteiger partial charge is 0.339 e. The van der Waals surface area contributed by atoms with Crippen molar-refractivity contribution < 1.29 is 9.53 Å². The van der Waals surface area contributed by atoms with Gasteiger partial charge in [-0.3, -0.25) is 15.1 Å². The van der Waals surface area contributed by atoms with E-state index in [0.717, 1.165) is 64.8 Å². The molecular weight excluding hydrogens is 402 g/mol. The molecule has 162 valence electrons. The molecule has 3 heterocycles. The molecule has 0 aliphatic heterocycles. The second kappa shape index (κ2) is 8.51.